The summed E-state index contributed by atoms with van der Waals surface area (Å²) in [6.07, 6.45) is 3.54. The molecule has 1 N–H and O–H groups in total. The Bertz CT molecular complexity index is 792. The van der Waals surface area contributed by atoms with E-state index in [1.165, 1.54) is 34.6 Å². The van der Waals surface area contributed by atoms with Gasteiger partial charge in [0.1, 0.15) is 15.8 Å². The molecule has 0 radical (unpaired) electrons. The molecule has 0 bridgehead atoms. The molecule has 1 aliphatic heterocycles. The first-order chi connectivity index (χ1) is 10.2. The SMILES string of the molecule is Cc1nc2cc(-c3nc4c(s3)NCCCC4)ccc2n1C. The molecule has 4 rings (SSSR count). The number of fused-ring (bicyclic) bond motifs is 2. The average Bonchev–Trinajstić information content (AvgIpc) is 2.93. The van der Waals surface area contributed by atoms with E-state index in [0.29, 0.717) is 0 Å². The topological polar surface area (TPSA) is 42.7 Å². The number of rotatable bonds is 1. The first kappa shape index (κ1) is 12.8. The van der Waals surface area contributed by atoms with Crippen LogP contribution in [-0.4, -0.2) is 21.1 Å². The van der Waals surface area contributed by atoms with E-state index in [1.807, 2.05) is 6.92 Å². The fourth-order valence-electron chi connectivity index (χ4n) is 2.86. The second kappa shape index (κ2) is 4.84. The summed E-state index contributed by atoms with van der Waals surface area (Å²) in [4.78, 5) is 9.46. The molecule has 0 amide bonds. The first-order valence-electron chi connectivity index (χ1n) is 7.39. The quantitative estimate of drug-likeness (QED) is 0.744. The summed E-state index contributed by atoms with van der Waals surface area (Å²) in [5, 5.41) is 5.85. The number of hydrogen-bond donors (Lipinski definition) is 1. The van der Waals surface area contributed by atoms with Crippen LogP contribution in [0.25, 0.3) is 21.6 Å². The van der Waals surface area contributed by atoms with Crippen molar-refractivity contribution in [2.75, 3.05) is 11.9 Å². The van der Waals surface area contributed by atoms with Crippen LogP contribution in [0.3, 0.4) is 0 Å². The lowest BCUT2D eigenvalue weighted by atomic mass is 10.2. The van der Waals surface area contributed by atoms with Crippen LogP contribution < -0.4 is 5.32 Å². The number of nitrogens with zero attached hydrogens (tertiary/aromatic N) is 3. The van der Waals surface area contributed by atoms with Gasteiger partial charge < -0.3 is 9.88 Å². The summed E-state index contributed by atoms with van der Waals surface area (Å²) < 4.78 is 2.12. The van der Waals surface area contributed by atoms with Crippen molar-refractivity contribution in [3.05, 3.63) is 29.7 Å². The Kier molecular flexibility index (Phi) is 2.96. The van der Waals surface area contributed by atoms with E-state index < -0.39 is 0 Å². The molecular formula is C16H18N4S. The highest BCUT2D eigenvalue weighted by molar-refractivity contribution is 7.19. The summed E-state index contributed by atoms with van der Waals surface area (Å²) in [5.74, 6) is 1.04. The second-order valence-corrected chi connectivity index (χ2v) is 6.60. The van der Waals surface area contributed by atoms with E-state index in [-0.39, 0.29) is 0 Å². The Morgan fingerprint density at radius 2 is 2.14 bits per heavy atom. The molecule has 0 unspecified atom stereocenters. The lowest BCUT2D eigenvalue weighted by Crippen LogP contribution is -1.96. The molecule has 0 atom stereocenters. The highest BCUT2D eigenvalue weighted by atomic mass is 32.1. The van der Waals surface area contributed by atoms with Gasteiger partial charge >= 0.3 is 0 Å². The molecule has 1 aromatic carbocycles. The normalized spacial score (nSPS) is 14.8. The molecule has 0 fully saturated rings. The molecule has 3 heterocycles. The zero-order valence-corrected chi connectivity index (χ0v) is 13.1. The Hall–Kier alpha value is -1.88. The van der Waals surface area contributed by atoms with E-state index in [4.69, 9.17) is 4.98 Å². The van der Waals surface area contributed by atoms with E-state index >= 15 is 0 Å². The van der Waals surface area contributed by atoms with Crippen molar-refractivity contribution in [1.82, 2.24) is 14.5 Å². The first-order valence-corrected chi connectivity index (χ1v) is 8.21. The van der Waals surface area contributed by atoms with Crippen molar-refractivity contribution in [3.8, 4) is 10.6 Å². The van der Waals surface area contributed by atoms with E-state index in [0.717, 1.165) is 29.3 Å². The van der Waals surface area contributed by atoms with Gasteiger partial charge in [0.2, 0.25) is 0 Å². The van der Waals surface area contributed by atoms with E-state index in [2.05, 4.69) is 40.1 Å². The molecule has 3 aromatic rings. The van der Waals surface area contributed by atoms with Crippen LogP contribution in [0.5, 0.6) is 0 Å². The van der Waals surface area contributed by atoms with Crippen LogP contribution in [0.4, 0.5) is 5.00 Å². The second-order valence-electron chi connectivity index (χ2n) is 5.60. The molecule has 2 aromatic heterocycles. The number of thiazole rings is 1. The van der Waals surface area contributed by atoms with Gasteiger partial charge in [-0.3, -0.25) is 0 Å². The summed E-state index contributed by atoms with van der Waals surface area (Å²) in [6.45, 7) is 3.10. The Labute approximate surface area is 127 Å². The monoisotopic (exact) mass is 298 g/mol. The van der Waals surface area contributed by atoms with E-state index in [1.54, 1.807) is 11.3 Å². The third-order valence-electron chi connectivity index (χ3n) is 4.17. The van der Waals surface area contributed by atoms with Gasteiger partial charge in [-0.2, -0.15) is 0 Å². The number of aryl methyl sites for hydroxylation is 3. The summed E-state index contributed by atoms with van der Waals surface area (Å²) >= 11 is 1.76. The maximum atomic E-state index is 4.84. The molecule has 21 heavy (non-hydrogen) atoms. The van der Waals surface area contributed by atoms with Crippen molar-refractivity contribution in [3.63, 3.8) is 0 Å². The van der Waals surface area contributed by atoms with E-state index in [9.17, 15) is 0 Å². The van der Waals surface area contributed by atoms with Crippen LogP contribution in [0.2, 0.25) is 0 Å². The highest BCUT2D eigenvalue weighted by Crippen LogP contribution is 2.35. The number of aromatic nitrogens is 3. The van der Waals surface area contributed by atoms with Gasteiger partial charge in [-0.15, -0.1) is 0 Å². The van der Waals surface area contributed by atoms with Crippen molar-refractivity contribution >= 4 is 27.4 Å². The Morgan fingerprint density at radius 1 is 1.24 bits per heavy atom. The fraction of sp³-hybridized carbons (Fsp3) is 0.375. The van der Waals surface area contributed by atoms with Crippen LogP contribution in [0.15, 0.2) is 18.2 Å². The zero-order valence-electron chi connectivity index (χ0n) is 12.3. The van der Waals surface area contributed by atoms with Gasteiger partial charge in [0, 0.05) is 19.2 Å². The van der Waals surface area contributed by atoms with Gasteiger partial charge in [-0.05, 0) is 44.4 Å². The minimum absolute atomic E-state index is 1.04. The largest absolute Gasteiger partial charge is 0.375 e. The zero-order chi connectivity index (χ0) is 14.4. The van der Waals surface area contributed by atoms with Crippen molar-refractivity contribution in [2.45, 2.75) is 26.2 Å². The number of imidazole rings is 1. The van der Waals surface area contributed by atoms with Crippen molar-refractivity contribution in [2.24, 2.45) is 7.05 Å². The average molecular weight is 298 g/mol. The van der Waals surface area contributed by atoms with Gasteiger partial charge in [0.15, 0.2) is 0 Å². The molecule has 4 nitrogen and oxygen atoms in total. The smallest absolute Gasteiger partial charge is 0.125 e. The van der Waals surface area contributed by atoms with Crippen LogP contribution >= 0.6 is 11.3 Å². The van der Waals surface area contributed by atoms with Crippen molar-refractivity contribution in [1.29, 1.82) is 0 Å². The third-order valence-corrected chi connectivity index (χ3v) is 5.28. The summed E-state index contributed by atoms with van der Waals surface area (Å²) in [5.41, 5.74) is 4.61. The van der Waals surface area contributed by atoms with Crippen LogP contribution in [0.1, 0.15) is 24.4 Å². The number of benzene rings is 1. The maximum Gasteiger partial charge on any atom is 0.125 e. The highest BCUT2D eigenvalue weighted by Gasteiger charge is 2.15. The predicted octanol–water partition coefficient (Wildman–Crippen LogP) is 3.75. The lowest BCUT2D eigenvalue weighted by molar-refractivity contribution is 0.775. The van der Waals surface area contributed by atoms with Gasteiger partial charge in [-0.25, -0.2) is 9.97 Å². The van der Waals surface area contributed by atoms with Gasteiger partial charge in [-0.1, -0.05) is 11.3 Å². The fourth-order valence-corrected chi connectivity index (χ4v) is 3.89. The lowest BCUT2D eigenvalue weighted by Gasteiger charge is -1.99. The number of nitrogens with one attached hydrogen (secondary N) is 1. The molecule has 1 aliphatic rings. The predicted molar refractivity (Wildman–Crippen MR) is 88.0 cm³/mol. The molecule has 0 spiro atoms. The molecule has 108 valence electrons. The minimum atomic E-state index is 1.04. The summed E-state index contributed by atoms with van der Waals surface area (Å²) in [7, 11) is 2.06. The summed E-state index contributed by atoms with van der Waals surface area (Å²) in [6, 6.07) is 6.45. The molecular weight excluding hydrogens is 280 g/mol. The molecule has 5 heteroatoms. The van der Waals surface area contributed by atoms with Crippen LogP contribution in [-0.2, 0) is 13.5 Å². The standard InChI is InChI=1S/C16H18N4S/c1-10-18-13-9-11(6-7-14(13)20(10)2)15-19-12-5-3-4-8-17-16(12)21-15/h6-7,9,17H,3-5,8H2,1-2H3. The third kappa shape index (κ3) is 2.12. The Balaban J connectivity index is 1.79. The van der Waals surface area contributed by atoms with Gasteiger partial charge in [0.05, 0.1) is 16.7 Å². The number of hydrogen-bond acceptors (Lipinski definition) is 4. The van der Waals surface area contributed by atoms with Crippen LogP contribution in [0, 0.1) is 6.92 Å². The maximum absolute atomic E-state index is 4.84. The van der Waals surface area contributed by atoms with Crippen molar-refractivity contribution < 1.29 is 0 Å². The molecule has 0 aliphatic carbocycles. The molecule has 0 saturated heterocycles. The van der Waals surface area contributed by atoms with Gasteiger partial charge in [0.25, 0.3) is 0 Å². The molecule has 0 saturated carbocycles. The number of anilines is 1. The Morgan fingerprint density at radius 3 is 3.05 bits per heavy atom. The minimum Gasteiger partial charge on any atom is -0.375 e.